The van der Waals surface area contributed by atoms with Gasteiger partial charge < -0.3 is 9.47 Å². The highest BCUT2D eigenvalue weighted by molar-refractivity contribution is 4.76. The van der Waals surface area contributed by atoms with Gasteiger partial charge in [0, 0.05) is 14.2 Å². The maximum atomic E-state index is 5.01. The van der Waals surface area contributed by atoms with Gasteiger partial charge in [0.1, 0.15) is 12.4 Å². The molecular weight excluding hydrogens is 156 g/mol. The second-order valence-corrected chi connectivity index (χ2v) is 2.54. The molecular formula is C8H15N2O2+. The maximum absolute atomic E-state index is 5.01. The molecule has 1 rings (SSSR count). The number of hydrogen-bond acceptors (Lipinski definition) is 2. The van der Waals surface area contributed by atoms with Gasteiger partial charge in [-0.1, -0.05) is 0 Å². The summed E-state index contributed by atoms with van der Waals surface area (Å²) < 4.78 is 12.0. The zero-order chi connectivity index (χ0) is 8.81. The number of methoxy groups -OCH3 is 2. The lowest BCUT2D eigenvalue weighted by atomic mass is 10.4. The third-order valence-corrected chi connectivity index (χ3v) is 1.66. The summed E-state index contributed by atoms with van der Waals surface area (Å²) in [5.41, 5.74) is 0. The molecule has 0 fully saturated rings. The van der Waals surface area contributed by atoms with Crippen LogP contribution in [-0.2, 0) is 22.6 Å². The molecule has 1 heterocycles. The standard InChI is InChI=1S/C8H14N2O2/c1-11-6-3-8-9-4-5-10(8)7-12-2/h4-5H,3,6-7H2,1-2H3/p+1. The zero-order valence-electron chi connectivity index (χ0n) is 7.54. The van der Waals surface area contributed by atoms with E-state index in [4.69, 9.17) is 9.47 Å². The van der Waals surface area contributed by atoms with Gasteiger partial charge in [0.2, 0.25) is 0 Å². The van der Waals surface area contributed by atoms with E-state index in [2.05, 4.69) is 4.98 Å². The number of rotatable bonds is 5. The van der Waals surface area contributed by atoms with Crippen LogP contribution in [0.1, 0.15) is 5.82 Å². The van der Waals surface area contributed by atoms with Crippen LogP contribution in [0.2, 0.25) is 0 Å². The minimum Gasteiger partial charge on any atom is -0.384 e. The Morgan fingerprint density at radius 2 is 2.25 bits per heavy atom. The number of aromatic amines is 1. The molecule has 0 aliphatic heterocycles. The second kappa shape index (κ2) is 4.90. The van der Waals surface area contributed by atoms with Crippen molar-refractivity contribution in [1.82, 2.24) is 4.98 Å². The Balaban J connectivity index is 2.51. The number of hydrogen-bond donors (Lipinski definition) is 1. The largest absolute Gasteiger partial charge is 0.384 e. The summed E-state index contributed by atoms with van der Waals surface area (Å²) in [6.07, 6.45) is 4.73. The SMILES string of the molecule is COCCc1[nH]cc[n+]1COC. The molecule has 0 saturated heterocycles. The van der Waals surface area contributed by atoms with Gasteiger partial charge in [0.15, 0.2) is 6.73 Å². The average Bonchev–Trinajstić information content (AvgIpc) is 2.50. The molecule has 0 bridgehead atoms. The van der Waals surface area contributed by atoms with Crippen molar-refractivity contribution >= 4 is 0 Å². The molecule has 1 aromatic heterocycles. The number of H-pyrrole nitrogens is 1. The van der Waals surface area contributed by atoms with E-state index in [1.165, 1.54) is 0 Å². The zero-order valence-corrected chi connectivity index (χ0v) is 7.54. The van der Waals surface area contributed by atoms with E-state index in [0.29, 0.717) is 6.73 Å². The van der Waals surface area contributed by atoms with Gasteiger partial charge in [-0.3, -0.25) is 0 Å². The summed E-state index contributed by atoms with van der Waals surface area (Å²) in [5, 5.41) is 0. The van der Waals surface area contributed by atoms with Crippen molar-refractivity contribution in [3.63, 3.8) is 0 Å². The minimum absolute atomic E-state index is 0.586. The van der Waals surface area contributed by atoms with E-state index in [0.717, 1.165) is 18.9 Å². The highest BCUT2D eigenvalue weighted by atomic mass is 16.5. The molecule has 12 heavy (non-hydrogen) atoms. The first-order chi connectivity index (χ1) is 5.88. The Labute approximate surface area is 72.1 Å². The van der Waals surface area contributed by atoms with Gasteiger partial charge in [-0.15, -0.1) is 0 Å². The molecule has 0 saturated carbocycles. The van der Waals surface area contributed by atoms with Crippen molar-refractivity contribution in [2.45, 2.75) is 13.2 Å². The van der Waals surface area contributed by atoms with E-state index in [-0.39, 0.29) is 0 Å². The number of imidazole rings is 1. The molecule has 0 radical (unpaired) electrons. The van der Waals surface area contributed by atoms with Gasteiger partial charge in [-0.2, -0.15) is 0 Å². The highest BCUT2D eigenvalue weighted by Crippen LogP contribution is 1.88. The predicted molar refractivity (Wildman–Crippen MR) is 43.6 cm³/mol. The van der Waals surface area contributed by atoms with Crippen molar-refractivity contribution in [3.05, 3.63) is 18.2 Å². The molecule has 4 nitrogen and oxygen atoms in total. The highest BCUT2D eigenvalue weighted by Gasteiger charge is 2.08. The summed E-state index contributed by atoms with van der Waals surface area (Å²) in [6, 6.07) is 0. The van der Waals surface area contributed by atoms with Crippen LogP contribution in [0.3, 0.4) is 0 Å². The fraction of sp³-hybridized carbons (Fsp3) is 0.625. The smallest absolute Gasteiger partial charge is 0.258 e. The Kier molecular flexibility index (Phi) is 3.76. The lowest BCUT2D eigenvalue weighted by molar-refractivity contribution is -0.736. The molecule has 0 amide bonds. The summed E-state index contributed by atoms with van der Waals surface area (Å²) >= 11 is 0. The van der Waals surface area contributed by atoms with Crippen molar-refractivity contribution in [2.24, 2.45) is 0 Å². The van der Waals surface area contributed by atoms with Crippen LogP contribution in [0.4, 0.5) is 0 Å². The van der Waals surface area contributed by atoms with E-state index >= 15 is 0 Å². The molecule has 68 valence electrons. The summed E-state index contributed by atoms with van der Waals surface area (Å²) in [6.45, 7) is 1.31. The van der Waals surface area contributed by atoms with Gasteiger partial charge in [-0.25, -0.2) is 9.55 Å². The molecule has 0 spiro atoms. The van der Waals surface area contributed by atoms with Crippen molar-refractivity contribution in [2.75, 3.05) is 20.8 Å². The molecule has 1 N–H and O–H groups in total. The molecule has 0 aliphatic carbocycles. The normalized spacial score (nSPS) is 10.5. The number of aromatic nitrogens is 2. The number of ether oxygens (including phenoxy) is 2. The van der Waals surface area contributed by atoms with Crippen molar-refractivity contribution in [1.29, 1.82) is 0 Å². The first-order valence-electron chi connectivity index (χ1n) is 3.92. The van der Waals surface area contributed by atoms with E-state index < -0.39 is 0 Å². The van der Waals surface area contributed by atoms with Crippen molar-refractivity contribution < 1.29 is 14.0 Å². The van der Waals surface area contributed by atoms with Crippen LogP contribution >= 0.6 is 0 Å². The van der Waals surface area contributed by atoms with Gasteiger partial charge in [0.05, 0.1) is 13.0 Å². The lowest BCUT2D eigenvalue weighted by Crippen LogP contribution is -2.37. The Hall–Kier alpha value is -0.870. The molecule has 0 aromatic carbocycles. The monoisotopic (exact) mass is 171 g/mol. The maximum Gasteiger partial charge on any atom is 0.258 e. The lowest BCUT2D eigenvalue weighted by Gasteiger charge is -1.98. The van der Waals surface area contributed by atoms with Crippen LogP contribution in [0.5, 0.6) is 0 Å². The van der Waals surface area contributed by atoms with Crippen LogP contribution in [0.25, 0.3) is 0 Å². The van der Waals surface area contributed by atoms with Crippen LogP contribution in [-0.4, -0.2) is 25.8 Å². The Bertz CT molecular complexity index is 223. The number of nitrogens with one attached hydrogen (secondary N) is 1. The minimum atomic E-state index is 0.586. The second-order valence-electron chi connectivity index (χ2n) is 2.54. The van der Waals surface area contributed by atoms with E-state index in [1.807, 2.05) is 17.0 Å². The summed E-state index contributed by atoms with van der Waals surface area (Å²) in [5.74, 6) is 1.12. The number of nitrogens with zero attached hydrogens (tertiary/aromatic N) is 1. The van der Waals surface area contributed by atoms with Gasteiger partial charge in [0.25, 0.3) is 5.82 Å². The molecule has 0 atom stereocenters. The molecule has 0 unspecified atom stereocenters. The van der Waals surface area contributed by atoms with Gasteiger partial charge in [-0.05, 0) is 0 Å². The van der Waals surface area contributed by atoms with Crippen LogP contribution in [0.15, 0.2) is 12.4 Å². The Morgan fingerprint density at radius 1 is 1.42 bits per heavy atom. The third kappa shape index (κ3) is 2.32. The van der Waals surface area contributed by atoms with Crippen LogP contribution in [0, 0.1) is 0 Å². The first-order valence-corrected chi connectivity index (χ1v) is 3.92. The fourth-order valence-corrected chi connectivity index (χ4v) is 1.07. The van der Waals surface area contributed by atoms with Crippen molar-refractivity contribution in [3.8, 4) is 0 Å². The van der Waals surface area contributed by atoms with Crippen LogP contribution < -0.4 is 4.57 Å². The first kappa shape index (κ1) is 9.22. The average molecular weight is 171 g/mol. The summed E-state index contributed by atoms with van der Waals surface area (Å²) in [7, 11) is 3.38. The topological polar surface area (TPSA) is 38.1 Å². The quantitative estimate of drug-likeness (QED) is 0.638. The summed E-state index contributed by atoms with van der Waals surface area (Å²) in [4.78, 5) is 3.13. The Morgan fingerprint density at radius 3 is 2.92 bits per heavy atom. The predicted octanol–water partition coefficient (Wildman–Crippen LogP) is 0.0950. The molecule has 1 aromatic rings. The molecule has 4 heteroatoms. The van der Waals surface area contributed by atoms with E-state index in [1.54, 1.807) is 14.2 Å². The third-order valence-electron chi connectivity index (χ3n) is 1.66. The molecule has 0 aliphatic rings. The van der Waals surface area contributed by atoms with E-state index in [9.17, 15) is 0 Å². The fourth-order valence-electron chi connectivity index (χ4n) is 1.07. The van der Waals surface area contributed by atoms with Gasteiger partial charge >= 0.3 is 0 Å².